The van der Waals surface area contributed by atoms with Crippen molar-refractivity contribution in [1.82, 2.24) is 10.2 Å². The molecule has 2 aromatic rings. The Kier molecular flexibility index (Phi) is 11.4. The van der Waals surface area contributed by atoms with Crippen LogP contribution in [-0.4, -0.2) is 50.5 Å². The van der Waals surface area contributed by atoms with Crippen LogP contribution in [0.1, 0.15) is 38.3 Å². The van der Waals surface area contributed by atoms with E-state index in [1.54, 1.807) is 13.0 Å². The van der Waals surface area contributed by atoms with E-state index in [0.717, 1.165) is 17.2 Å². The van der Waals surface area contributed by atoms with Crippen LogP contribution >= 0.6 is 34.8 Å². The Morgan fingerprint density at radius 3 is 2.18 bits per heavy atom. The Bertz CT molecular complexity index is 1310. The van der Waals surface area contributed by atoms with E-state index in [1.807, 2.05) is 13.8 Å². The summed E-state index contributed by atoms with van der Waals surface area (Å²) >= 11 is 18.4. The van der Waals surface area contributed by atoms with Gasteiger partial charge in [0.1, 0.15) is 12.6 Å². The minimum Gasteiger partial charge on any atom is -0.354 e. The van der Waals surface area contributed by atoms with Gasteiger partial charge in [0.05, 0.1) is 22.5 Å². The number of sulfonamides is 1. The topological polar surface area (TPSA) is 86.8 Å². The summed E-state index contributed by atoms with van der Waals surface area (Å²) in [6, 6.07) is 5.67. The largest absolute Gasteiger partial charge is 0.416 e. The van der Waals surface area contributed by atoms with Gasteiger partial charge in [0, 0.05) is 23.1 Å². The van der Waals surface area contributed by atoms with E-state index in [-0.39, 0.29) is 28.9 Å². The Hall–Kier alpha value is -2.21. The highest BCUT2D eigenvalue weighted by Crippen LogP contribution is 2.36. The van der Waals surface area contributed by atoms with Crippen LogP contribution in [0.25, 0.3) is 0 Å². The minimum absolute atomic E-state index is 0.116. The molecule has 0 radical (unpaired) electrons. The van der Waals surface area contributed by atoms with Crippen molar-refractivity contribution < 1.29 is 31.2 Å². The molecule has 0 aliphatic heterocycles. The van der Waals surface area contributed by atoms with E-state index in [2.05, 4.69) is 5.32 Å². The molecular weight excluding hydrogens is 602 g/mol. The lowest BCUT2D eigenvalue weighted by Gasteiger charge is -2.33. The predicted octanol–water partition coefficient (Wildman–Crippen LogP) is 6.01. The molecule has 0 aliphatic carbocycles. The molecule has 0 saturated heterocycles. The summed E-state index contributed by atoms with van der Waals surface area (Å²) in [5.74, 6) is -1.22. The first-order valence-electron chi connectivity index (χ1n) is 11.8. The zero-order chi connectivity index (χ0) is 29.7. The second kappa shape index (κ2) is 13.4. The molecule has 0 aromatic heterocycles. The fraction of sp³-hybridized carbons (Fsp3) is 0.440. The van der Waals surface area contributed by atoms with Crippen molar-refractivity contribution in [3.63, 3.8) is 0 Å². The second-order valence-electron chi connectivity index (χ2n) is 9.25. The fourth-order valence-electron chi connectivity index (χ4n) is 3.65. The van der Waals surface area contributed by atoms with E-state index in [4.69, 9.17) is 34.8 Å². The number of anilines is 1. The van der Waals surface area contributed by atoms with Gasteiger partial charge in [-0.2, -0.15) is 13.2 Å². The first-order chi connectivity index (χ1) is 17.9. The van der Waals surface area contributed by atoms with E-state index in [1.165, 1.54) is 12.1 Å². The monoisotopic (exact) mass is 629 g/mol. The SMILES string of the molecule is CC[C@@H](C(=O)NCC(C)C)N(Cc1ccc(Cl)cc1Cl)C(=O)CN(c1cc(C(F)(F)F)ccc1Cl)S(C)(=O)=O. The number of rotatable bonds is 11. The lowest BCUT2D eigenvalue weighted by atomic mass is 10.1. The van der Waals surface area contributed by atoms with Crippen LogP contribution in [0.3, 0.4) is 0 Å². The third kappa shape index (κ3) is 9.16. The number of alkyl halides is 3. The van der Waals surface area contributed by atoms with Gasteiger partial charge in [-0.25, -0.2) is 8.42 Å². The number of hydrogen-bond donors (Lipinski definition) is 1. The quantitative estimate of drug-likeness (QED) is 0.330. The molecule has 0 fully saturated rings. The van der Waals surface area contributed by atoms with Crippen molar-refractivity contribution in [2.24, 2.45) is 5.92 Å². The number of nitrogens with zero attached hydrogens (tertiary/aromatic N) is 2. The number of nitrogens with one attached hydrogen (secondary N) is 1. The first kappa shape index (κ1) is 33.0. The molecule has 14 heteroatoms. The Balaban J connectivity index is 2.56. The molecular formula is C25H29Cl3F3N3O4S. The summed E-state index contributed by atoms with van der Waals surface area (Å²) in [6.45, 7) is 4.66. The van der Waals surface area contributed by atoms with Gasteiger partial charge in [0.25, 0.3) is 0 Å². The van der Waals surface area contributed by atoms with Crippen molar-refractivity contribution in [1.29, 1.82) is 0 Å². The number of hydrogen-bond acceptors (Lipinski definition) is 4. The van der Waals surface area contributed by atoms with E-state index in [9.17, 15) is 31.2 Å². The molecule has 0 unspecified atom stereocenters. The van der Waals surface area contributed by atoms with Crippen molar-refractivity contribution in [2.75, 3.05) is 23.7 Å². The normalized spacial score (nSPS) is 12.8. The molecule has 7 nitrogen and oxygen atoms in total. The zero-order valence-electron chi connectivity index (χ0n) is 21.7. The van der Waals surface area contributed by atoms with Crippen LogP contribution in [0.5, 0.6) is 0 Å². The van der Waals surface area contributed by atoms with Gasteiger partial charge < -0.3 is 10.2 Å². The van der Waals surface area contributed by atoms with Crippen LogP contribution in [0.15, 0.2) is 36.4 Å². The molecule has 0 bridgehead atoms. The highest BCUT2D eigenvalue weighted by Gasteiger charge is 2.35. The maximum absolute atomic E-state index is 13.7. The molecule has 0 saturated carbocycles. The summed E-state index contributed by atoms with van der Waals surface area (Å²) in [7, 11) is -4.30. The Morgan fingerprint density at radius 2 is 1.67 bits per heavy atom. The molecule has 216 valence electrons. The summed E-state index contributed by atoms with van der Waals surface area (Å²) in [4.78, 5) is 27.9. The molecule has 2 rings (SSSR count). The van der Waals surface area contributed by atoms with Gasteiger partial charge in [-0.15, -0.1) is 0 Å². The van der Waals surface area contributed by atoms with Gasteiger partial charge in [-0.05, 0) is 48.2 Å². The Labute approximate surface area is 241 Å². The average Bonchev–Trinajstić information content (AvgIpc) is 2.81. The zero-order valence-corrected chi connectivity index (χ0v) is 24.7. The Morgan fingerprint density at radius 1 is 1.03 bits per heavy atom. The molecule has 0 aliphatic rings. The number of carbonyl (C=O) groups is 2. The number of halogens is 6. The molecule has 0 spiro atoms. The van der Waals surface area contributed by atoms with Gasteiger partial charge in [-0.3, -0.25) is 13.9 Å². The van der Waals surface area contributed by atoms with Crippen LogP contribution in [0.2, 0.25) is 15.1 Å². The van der Waals surface area contributed by atoms with Crippen LogP contribution < -0.4 is 9.62 Å². The van der Waals surface area contributed by atoms with Gasteiger partial charge in [0.2, 0.25) is 21.8 Å². The highest BCUT2D eigenvalue weighted by atomic mass is 35.5. The fourth-order valence-corrected chi connectivity index (χ4v) is 5.24. The van der Waals surface area contributed by atoms with Gasteiger partial charge >= 0.3 is 6.18 Å². The molecule has 2 aromatic carbocycles. The maximum Gasteiger partial charge on any atom is 0.416 e. The summed E-state index contributed by atoms with van der Waals surface area (Å²) in [5, 5.41) is 3.00. The third-order valence-electron chi connectivity index (χ3n) is 5.65. The summed E-state index contributed by atoms with van der Waals surface area (Å²) in [6.07, 6.45) is -3.89. The van der Waals surface area contributed by atoms with Crippen molar-refractivity contribution >= 4 is 62.3 Å². The smallest absolute Gasteiger partial charge is 0.354 e. The van der Waals surface area contributed by atoms with Crippen molar-refractivity contribution in [3.8, 4) is 0 Å². The van der Waals surface area contributed by atoms with Crippen molar-refractivity contribution in [3.05, 3.63) is 62.6 Å². The molecule has 2 amide bonds. The lowest BCUT2D eigenvalue weighted by molar-refractivity contribution is -0.140. The van der Waals surface area contributed by atoms with Gasteiger partial charge in [-0.1, -0.05) is 61.6 Å². The standard InChI is InChI=1S/C25H29Cl3F3N3O4S/c1-5-21(24(36)32-12-15(2)3)33(13-16-6-8-18(26)11-20(16)28)23(35)14-34(39(4,37)38)22-10-17(25(29,30)31)7-9-19(22)27/h6-11,15,21H,5,12-14H2,1-4H3,(H,32,36)/t21-/m0/s1. The van der Waals surface area contributed by atoms with Crippen molar-refractivity contribution in [2.45, 2.75) is 46.0 Å². The summed E-state index contributed by atoms with van der Waals surface area (Å²) < 4.78 is 66.0. The highest BCUT2D eigenvalue weighted by molar-refractivity contribution is 7.92. The van der Waals surface area contributed by atoms with Gasteiger partial charge in [0.15, 0.2) is 0 Å². The van der Waals surface area contributed by atoms with E-state index in [0.29, 0.717) is 33.6 Å². The molecule has 39 heavy (non-hydrogen) atoms. The van der Waals surface area contributed by atoms with Crippen LogP contribution in [0, 0.1) is 5.92 Å². The number of amides is 2. The second-order valence-corrected chi connectivity index (χ2v) is 12.4. The van der Waals surface area contributed by atoms with Crippen LogP contribution in [-0.2, 0) is 32.3 Å². The maximum atomic E-state index is 13.7. The first-order valence-corrected chi connectivity index (χ1v) is 14.8. The minimum atomic E-state index is -4.79. The number of benzene rings is 2. The summed E-state index contributed by atoms with van der Waals surface area (Å²) in [5.41, 5.74) is -1.25. The third-order valence-corrected chi connectivity index (χ3v) is 7.68. The average molecular weight is 631 g/mol. The molecule has 0 heterocycles. The van der Waals surface area contributed by atoms with E-state index < -0.39 is 51.9 Å². The van der Waals surface area contributed by atoms with Crippen LogP contribution in [0.4, 0.5) is 18.9 Å². The number of carbonyl (C=O) groups excluding carboxylic acids is 2. The lowest BCUT2D eigenvalue weighted by Crippen LogP contribution is -2.52. The van der Waals surface area contributed by atoms with E-state index >= 15 is 0 Å². The molecule has 1 atom stereocenters. The molecule has 1 N–H and O–H groups in total. The predicted molar refractivity (Wildman–Crippen MR) is 148 cm³/mol.